The Morgan fingerprint density at radius 1 is 0.878 bits per heavy atom. The minimum atomic E-state index is -0.227. The molecule has 6 rings (SSSR count). The summed E-state index contributed by atoms with van der Waals surface area (Å²) in [6.07, 6.45) is 2.20. The van der Waals surface area contributed by atoms with Crippen molar-refractivity contribution in [3.05, 3.63) is 126 Å². The van der Waals surface area contributed by atoms with Crippen LogP contribution in [0, 0.1) is 10.8 Å². The predicted octanol–water partition coefficient (Wildman–Crippen LogP) is 8.06. The van der Waals surface area contributed by atoms with Crippen LogP contribution in [-0.2, 0) is 0 Å². The molecule has 2 unspecified atom stereocenters. The fraction of sp³-hybridized carbons (Fsp3) is 0.200. The molecule has 0 saturated heterocycles. The quantitative estimate of drug-likeness (QED) is 0.112. The monoisotopic (exact) mass is 557 g/mol. The number of benzene rings is 4. The van der Waals surface area contributed by atoms with E-state index in [-0.39, 0.29) is 16.8 Å². The lowest BCUT2D eigenvalue weighted by molar-refractivity contribution is 0.598. The van der Waals surface area contributed by atoms with Crippen molar-refractivity contribution in [2.24, 2.45) is 10.4 Å². The Balaban J connectivity index is 1.44. The van der Waals surface area contributed by atoms with Crippen molar-refractivity contribution in [3.8, 4) is 5.69 Å². The van der Waals surface area contributed by atoms with Crippen LogP contribution in [0.5, 0.6) is 0 Å². The van der Waals surface area contributed by atoms with Crippen LogP contribution in [0.2, 0.25) is 0 Å². The summed E-state index contributed by atoms with van der Waals surface area (Å²) in [6.45, 7) is 6.23. The molecule has 0 aliphatic carbocycles. The summed E-state index contributed by atoms with van der Waals surface area (Å²) in [5, 5.41) is 18.8. The van der Waals surface area contributed by atoms with Gasteiger partial charge in [-0.3, -0.25) is 5.41 Å². The van der Waals surface area contributed by atoms with Crippen LogP contribution in [0.3, 0.4) is 0 Å². The number of thioether (sulfide) groups is 1. The number of fused-ring (bicyclic) bond motifs is 3. The maximum Gasteiger partial charge on any atom is 0.134 e. The van der Waals surface area contributed by atoms with Gasteiger partial charge in [-0.25, -0.2) is 4.99 Å². The second kappa shape index (κ2) is 11.0. The van der Waals surface area contributed by atoms with E-state index in [1.165, 1.54) is 33.6 Å². The summed E-state index contributed by atoms with van der Waals surface area (Å²) < 4.78 is 2.35. The fourth-order valence-corrected chi connectivity index (χ4v) is 6.21. The number of aromatic nitrogens is 1. The number of para-hydroxylation sites is 2. The van der Waals surface area contributed by atoms with Crippen molar-refractivity contribution in [1.82, 2.24) is 15.2 Å². The van der Waals surface area contributed by atoms with E-state index in [2.05, 4.69) is 127 Å². The minimum absolute atomic E-state index is 0.0917. The highest BCUT2D eigenvalue weighted by Gasteiger charge is 2.27. The lowest BCUT2D eigenvalue weighted by Gasteiger charge is -2.29. The van der Waals surface area contributed by atoms with Crippen LogP contribution in [0.1, 0.15) is 37.9 Å². The molecule has 0 radical (unpaired) electrons. The standard InChI is InChI=1S/C35H35N5S/c1-35(2,3)34(36)41-33(37-4)29-22-28(38-32(39-29)23-13-6-5-7-14-23)24-15-12-16-25(21-24)40-30-19-10-8-17-26(30)27-18-9-11-20-31(27)40/h5-22,28,33,36-37H,1-4H3,(H,38,39). The maximum absolute atomic E-state index is 8.69. The topological polar surface area (TPSA) is 65.2 Å². The minimum Gasteiger partial charge on any atom is -0.359 e. The van der Waals surface area contributed by atoms with Crippen LogP contribution in [0.15, 0.2) is 120 Å². The van der Waals surface area contributed by atoms with E-state index in [1.807, 2.05) is 25.2 Å². The average molecular weight is 558 g/mol. The van der Waals surface area contributed by atoms with Crippen LogP contribution in [-0.4, -0.2) is 27.9 Å². The number of hydrogen-bond acceptors (Lipinski definition) is 5. The molecule has 6 heteroatoms. The van der Waals surface area contributed by atoms with Gasteiger partial charge in [0.2, 0.25) is 0 Å². The Morgan fingerprint density at radius 3 is 2.15 bits per heavy atom. The molecule has 4 aromatic carbocycles. The number of aliphatic imine (C=N–C) groups is 1. The molecule has 2 heterocycles. The highest BCUT2D eigenvalue weighted by Crippen LogP contribution is 2.35. The SMILES string of the molecule is CNC(SC(=N)C(C)(C)C)C1=CC(c2cccc(-n3c4ccccc4c4ccccc43)c2)NC(c2ccccc2)=N1. The number of nitrogens with one attached hydrogen (secondary N) is 3. The van der Waals surface area contributed by atoms with E-state index in [9.17, 15) is 0 Å². The van der Waals surface area contributed by atoms with Gasteiger partial charge < -0.3 is 15.2 Å². The van der Waals surface area contributed by atoms with Gasteiger partial charge in [0, 0.05) is 27.4 Å². The summed E-state index contributed by atoms with van der Waals surface area (Å²) >= 11 is 1.52. The maximum atomic E-state index is 8.69. The molecule has 1 aliphatic rings. The van der Waals surface area contributed by atoms with E-state index in [1.54, 1.807) is 0 Å². The van der Waals surface area contributed by atoms with Crippen molar-refractivity contribution in [1.29, 1.82) is 5.41 Å². The molecule has 206 valence electrons. The Bertz CT molecular complexity index is 1740. The zero-order chi connectivity index (χ0) is 28.6. The molecule has 0 saturated carbocycles. The molecule has 3 N–H and O–H groups in total. The number of nitrogens with zero attached hydrogens (tertiary/aromatic N) is 2. The van der Waals surface area contributed by atoms with Crippen LogP contribution in [0.4, 0.5) is 0 Å². The third-order valence-corrected chi connectivity index (χ3v) is 8.99. The molecule has 0 spiro atoms. The first kappa shape index (κ1) is 27.1. The molecule has 2 atom stereocenters. The summed E-state index contributed by atoms with van der Waals surface area (Å²) in [5.41, 5.74) is 6.37. The van der Waals surface area contributed by atoms with Gasteiger partial charge in [0.25, 0.3) is 0 Å². The first-order valence-electron chi connectivity index (χ1n) is 14.0. The Morgan fingerprint density at radius 2 is 1.51 bits per heavy atom. The Kier molecular flexibility index (Phi) is 7.28. The first-order chi connectivity index (χ1) is 19.8. The van der Waals surface area contributed by atoms with Crippen molar-refractivity contribution < 1.29 is 0 Å². The van der Waals surface area contributed by atoms with Gasteiger partial charge in [-0.2, -0.15) is 0 Å². The van der Waals surface area contributed by atoms with Crippen LogP contribution >= 0.6 is 11.8 Å². The van der Waals surface area contributed by atoms with Crippen LogP contribution < -0.4 is 10.6 Å². The van der Waals surface area contributed by atoms with Gasteiger partial charge in [0.15, 0.2) is 0 Å². The Hall–Kier alpha value is -4.13. The third kappa shape index (κ3) is 5.33. The highest BCUT2D eigenvalue weighted by atomic mass is 32.2. The normalized spacial score (nSPS) is 16.2. The van der Waals surface area contributed by atoms with Crippen molar-refractivity contribution in [3.63, 3.8) is 0 Å². The molecule has 5 nitrogen and oxygen atoms in total. The number of likely N-dealkylation sites (N-methyl/N-ethyl adjacent to an activating group) is 1. The molecule has 5 aromatic rings. The van der Waals surface area contributed by atoms with Crippen molar-refractivity contribution in [2.45, 2.75) is 32.2 Å². The van der Waals surface area contributed by atoms with E-state index >= 15 is 0 Å². The van der Waals surface area contributed by atoms with E-state index in [0.29, 0.717) is 5.04 Å². The lowest BCUT2D eigenvalue weighted by Crippen LogP contribution is -2.36. The van der Waals surface area contributed by atoms with Gasteiger partial charge in [0.1, 0.15) is 11.2 Å². The number of rotatable bonds is 6. The van der Waals surface area contributed by atoms with E-state index in [0.717, 1.165) is 28.3 Å². The average Bonchev–Trinajstić information content (AvgIpc) is 3.34. The van der Waals surface area contributed by atoms with Gasteiger partial charge in [-0.1, -0.05) is 111 Å². The molecular formula is C35H35N5S. The largest absolute Gasteiger partial charge is 0.359 e. The second-order valence-corrected chi connectivity index (χ2v) is 12.5. The first-order valence-corrected chi connectivity index (χ1v) is 14.9. The third-order valence-electron chi connectivity index (χ3n) is 7.43. The van der Waals surface area contributed by atoms with E-state index in [4.69, 9.17) is 10.4 Å². The van der Waals surface area contributed by atoms with E-state index < -0.39 is 0 Å². The predicted molar refractivity (Wildman–Crippen MR) is 175 cm³/mol. The molecule has 0 fully saturated rings. The summed E-state index contributed by atoms with van der Waals surface area (Å²) in [4.78, 5) is 5.07. The second-order valence-electron chi connectivity index (χ2n) is 11.4. The summed E-state index contributed by atoms with van der Waals surface area (Å²) in [5.74, 6) is 0.832. The van der Waals surface area contributed by atoms with Gasteiger partial charge >= 0.3 is 0 Å². The molecule has 1 aromatic heterocycles. The van der Waals surface area contributed by atoms with Gasteiger partial charge in [0.05, 0.1) is 27.8 Å². The summed E-state index contributed by atoms with van der Waals surface area (Å²) in [7, 11) is 1.94. The molecule has 0 amide bonds. The van der Waals surface area contributed by atoms with Crippen molar-refractivity contribution >= 4 is 44.4 Å². The zero-order valence-corrected chi connectivity index (χ0v) is 24.7. The van der Waals surface area contributed by atoms with Crippen LogP contribution in [0.25, 0.3) is 27.5 Å². The molecule has 0 bridgehead atoms. The van der Waals surface area contributed by atoms with Gasteiger partial charge in [-0.15, -0.1) is 0 Å². The zero-order valence-electron chi connectivity index (χ0n) is 23.8. The smallest absolute Gasteiger partial charge is 0.134 e. The Labute approximate surface area is 245 Å². The molecular weight excluding hydrogens is 522 g/mol. The lowest BCUT2D eigenvalue weighted by atomic mass is 9.99. The van der Waals surface area contributed by atoms with Gasteiger partial charge in [-0.05, 0) is 43.0 Å². The number of hydrogen-bond donors (Lipinski definition) is 3. The highest BCUT2D eigenvalue weighted by molar-refractivity contribution is 8.14. The number of amidine groups is 1. The molecule has 41 heavy (non-hydrogen) atoms. The molecule has 1 aliphatic heterocycles. The van der Waals surface area contributed by atoms with Crippen molar-refractivity contribution in [2.75, 3.05) is 7.05 Å². The summed E-state index contributed by atoms with van der Waals surface area (Å²) in [6, 6.07) is 36.1. The fourth-order valence-electron chi connectivity index (χ4n) is 5.25.